The van der Waals surface area contributed by atoms with Gasteiger partial charge in [0.15, 0.2) is 12.0 Å². The van der Waals surface area contributed by atoms with Gasteiger partial charge in [-0.3, -0.25) is 0 Å². The molecule has 0 aromatic heterocycles. The van der Waals surface area contributed by atoms with Crippen LogP contribution in [0.3, 0.4) is 0 Å². The number of rotatable bonds is 10. The fourth-order valence-electron chi connectivity index (χ4n) is 4.73. The van der Waals surface area contributed by atoms with E-state index in [1.54, 1.807) is 0 Å². The number of fused-ring (bicyclic) bond motifs is 1. The molecule has 2 fully saturated rings. The monoisotopic (exact) mass is 596 g/mol. The predicted molar refractivity (Wildman–Crippen MR) is 145 cm³/mol. The molecule has 3 aliphatic rings. The number of ether oxygens (including phenoxy) is 5. The van der Waals surface area contributed by atoms with E-state index in [9.17, 15) is 0 Å². The lowest BCUT2D eigenvalue weighted by Gasteiger charge is -2.50. The van der Waals surface area contributed by atoms with Gasteiger partial charge in [0.1, 0.15) is 30.0 Å². The van der Waals surface area contributed by atoms with Crippen molar-refractivity contribution in [3.63, 3.8) is 0 Å². The van der Waals surface area contributed by atoms with Crippen LogP contribution in [0.2, 0.25) is 0 Å². The molecule has 1 aromatic rings. The van der Waals surface area contributed by atoms with E-state index in [0.717, 1.165) is 28.1 Å². The lowest BCUT2D eigenvalue weighted by atomic mass is 9.88. The first kappa shape index (κ1) is 30.0. The van der Waals surface area contributed by atoms with Crippen LogP contribution in [0.25, 0.3) is 5.57 Å². The molecule has 0 aliphatic carbocycles. The van der Waals surface area contributed by atoms with Crippen LogP contribution < -0.4 is 0 Å². The van der Waals surface area contributed by atoms with Crippen molar-refractivity contribution in [3.8, 4) is 0 Å². The minimum absolute atomic E-state index is 0.158. The zero-order chi connectivity index (χ0) is 26.8. The standard InChI is InChI=1S/C23H35O10P3S/c1-6-22(4)16(13-7-9-14(10-8-13)37-33-24-5)20(26-12(2)3)23(32-22)25-11-15-17(28-23)18(29-34)19(30-35)21(27-15)31-36/h7-10,12,15,17-19,21H,6,11,34-36H2,1-5H3/t15?,17?,18?,19?,21?,22-,23?/m0/s1. The molecule has 3 aliphatic heterocycles. The van der Waals surface area contributed by atoms with E-state index in [1.165, 1.54) is 7.11 Å². The van der Waals surface area contributed by atoms with Crippen LogP contribution in [0.5, 0.6) is 0 Å². The van der Waals surface area contributed by atoms with Crippen molar-refractivity contribution in [2.45, 2.75) is 87.4 Å². The van der Waals surface area contributed by atoms with Crippen molar-refractivity contribution in [1.82, 2.24) is 0 Å². The summed E-state index contributed by atoms with van der Waals surface area (Å²) in [6, 6.07) is 7.85. The second-order valence-corrected chi connectivity index (χ2v) is 10.8. The average molecular weight is 597 g/mol. The summed E-state index contributed by atoms with van der Waals surface area (Å²) in [5, 5.41) is 0. The van der Waals surface area contributed by atoms with Gasteiger partial charge in [0.05, 0.1) is 31.9 Å². The summed E-state index contributed by atoms with van der Waals surface area (Å²) in [4.78, 5) is 5.57. The Morgan fingerprint density at radius 2 is 1.78 bits per heavy atom. The zero-order valence-corrected chi connectivity index (χ0v) is 25.7. The average Bonchev–Trinajstić information content (AvgIpc) is 3.13. The van der Waals surface area contributed by atoms with Crippen LogP contribution >= 0.6 is 40.4 Å². The minimum Gasteiger partial charge on any atom is -0.487 e. The largest absolute Gasteiger partial charge is 0.487 e. The van der Waals surface area contributed by atoms with Crippen LogP contribution in [0.4, 0.5) is 0 Å². The molecule has 208 valence electrons. The van der Waals surface area contributed by atoms with Gasteiger partial charge in [-0.2, -0.15) is 4.33 Å². The van der Waals surface area contributed by atoms with Gasteiger partial charge in [-0.15, -0.1) is 0 Å². The van der Waals surface area contributed by atoms with Crippen LogP contribution in [0.15, 0.2) is 34.9 Å². The van der Waals surface area contributed by atoms with Crippen molar-refractivity contribution in [1.29, 1.82) is 0 Å². The Morgan fingerprint density at radius 3 is 2.35 bits per heavy atom. The molecule has 37 heavy (non-hydrogen) atoms. The maximum Gasteiger partial charge on any atom is 0.347 e. The highest BCUT2D eigenvalue weighted by Crippen LogP contribution is 2.54. The highest BCUT2D eigenvalue weighted by molar-refractivity contribution is 7.94. The summed E-state index contributed by atoms with van der Waals surface area (Å²) < 4.78 is 53.8. The molecule has 10 atom stereocenters. The maximum absolute atomic E-state index is 6.67. The first-order valence-corrected chi connectivity index (χ1v) is 14.0. The lowest BCUT2D eigenvalue weighted by molar-refractivity contribution is -0.452. The van der Waals surface area contributed by atoms with Crippen molar-refractivity contribution in [3.05, 3.63) is 35.6 Å². The Morgan fingerprint density at radius 1 is 1.08 bits per heavy atom. The molecule has 0 radical (unpaired) electrons. The van der Waals surface area contributed by atoms with E-state index in [2.05, 4.69) is 28.4 Å². The topological polar surface area (TPSA) is 92.3 Å². The first-order valence-electron chi connectivity index (χ1n) is 11.9. The normalized spacial score (nSPS) is 35.9. The summed E-state index contributed by atoms with van der Waals surface area (Å²) in [6.45, 7) is 8.11. The molecule has 3 heterocycles. The second kappa shape index (κ2) is 12.7. The molecular formula is C23H35O10P3S. The van der Waals surface area contributed by atoms with Crippen molar-refractivity contribution in [2.24, 2.45) is 0 Å². The van der Waals surface area contributed by atoms with Crippen LogP contribution in [-0.2, 0) is 46.5 Å². The Labute approximate surface area is 229 Å². The van der Waals surface area contributed by atoms with Gasteiger partial charge in [0.25, 0.3) is 0 Å². The van der Waals surface area contributed by atoms with Gasteiger partial charge in [0, 0.05) is 38.9 Å². The third kappa shape index (κ3) is 5.91. The highest BCUT2D eigenvalue weighted by Gasteiger charge is 2.63. The van der Waals surface area contributed by atoms with E-state index in [0.29, 0.717) is 12.2 Å². The van der Waals surface area contributed by atoms with Crippen molar-refractivity contribution < 1.29 is 46.5 Å². The molecule has 0 bridgehead atoms. The second-order valence-electron chi connectivity index (χ2n) is 9.23. The number of hydrogen-bond donors (Lipinski definition) is 0. The quantitative estimate of drug-likeness (QED) is 0.165. The summed E-state index contributed by atoms with van der Waals surface area (Å²) >= 11 is 1.12. The molecule has 14 heteroatoms. The van der Waals surface area contributed by atoms with Gasteiger partial charge < -0.3 is 37.3 Å². The Hall–Kier alpha value is 0.0400. The smallest absolute Gasteiger partial charge is 0.347 e. The van der Waals surface area contributed by atoms with E-state index in [-0.39, 0.29) is 12.7 Å². The summed E-state index contributed by atoms with van der Waals surface area (Å²) in [5.74, 6) is -1.14. The Bertz CT molecular complexity index is 953. The van der Waals surface area contributed by atoms with Gasteiger partial charge in [0.2, 0.25) is 0 Å². The molecule has 10 nitrogen and oxygen atoms in total. The first-order chi connectivity index (χ1) is 17.8. The third-order valence-corrected chi connectivity index (χ3v) is 8.10. The lowest BCUT2D eigenvalue weighted by Crippen LogP contribution is -2.66. The highest BCUT2D eigenvalue weighted by atomic mass is 32.2. The van der Waals surface area contributed by atoms with E-state index >= 15 is 0 Å². The summed E-state index contributed by atoms with van der Waals surface area (Å²) in [7, 11) is 8.18. The minimum atomic E-state index is -1.61. The number of hydrogen-bond acceptors (Lipinski definition) is 11. The number of benzene rings is 1. The molecular weight excluding hydrogens is 561 g/mol. The van der Waals surface area contributed by atoms with Crippen molar-refractivity contribution >= 4 is 46.0 Å². The third-order valence-electron chi connectivity index (χ3n) is 6.53. The molecule has 4 rings (SSSR count). The van der Waals surface area contributed by atoms with E-state index in [4.69, 9.17) is 46.5 Å². The molecule has 0 amide bonds. The van der Waals surface area contributed by atoms with Crippen LogP contribution in [0.1, 0.15) is 39.7 Å². The van der Waals surface area contributed by atoms with Gasteiger partial charge in [-0.1, -0.05) is 19.1 Å². The van der Waals surface area contributed by atoms with Crippen molar-refractivity contribution in [2.75, 3.05) is 13.7 Å². The fourth-order valence-corrected chi connectivity index (χ4v) is 5.94. The Kier molecular flexibility index (Phi) is 10.3. The summed E-state index contributed by atoms with van der Waals surface area (Å²) in [6.07, 6.45) is -2.48. The Balaban J connectivity index is 1.76. The van der Waals surface area contributed by atoms with Gasteiger partial charge >= 0.3 is 5.97 Å². The maximum atomic E-state index is 6.67. The van der Waals surface area contributed by atoms with Crippen LogP contribution in [-0.4, -0.2) is 62.1 Å². The fraction of sp³-hybridized carbons (Fsp3) is 0.652. The predicted octanol–water partition coefficient (Wildman–Crippen LogP) is 4.56. The molecule has 2 saturated heterocycles. The summed E-state index contributed by atoms with van der Waals surface area (Å²) in [5.41, 5.74) is 0.981. The zero-order valence-electron chi connectivity index (χ0n) is 21.4. The molecule has 1 spiro atoms. The van der Waals surface area contributed by atoms with E-state index in [1.807, 2.05) is 52.0 Å². The molecule has 9 unspecified atom stereocenters. The van der Waals surface area contributed by atoms with Crippen LogP contribution in [0, 0.1) is 0 Å². The molecule has 1 aromatic carbocycles. The van der Waals surface area contributed by atoms with Gasteiger partial charge in [-0.25, -0.2) is 4.89 Å². The van der Waals surface area contributed by atoms with E-state index < -0.39 is 42.3 Å². The molecule has 0 N–H and O–H groups in total. The van der Waals surface area contributed by atoms with Gasteiger partial charge in [-0.05, 0) is 44.9 Å². The molecule has 0 saturated carbocycles. The SMILES string of the molecule is CC[C@]1(C)OC2(OCC3OC(OP)C(OP)C(OP)C3O2)C(OC(C)C)=C1c1ccc(SOOC)cc1.